The standard InChI is InChI=1S/C14H14F2N2O2S2/c15-11-3-4-13(12(16)10-11)17-5-7-18(8-6-17)22(19,20)14-2-1-9-21-14/h1-4,9-10H,5-8H2. The topological polar surface area (TPSA) is 40.6 Å². The number of benzene rings is 1. The summed E-state index contributed by atoms with van der Waals surface area (Å²) >= 11 is 1.18. The van der Waals surface area contributed by atoms with Crippen LogP contribution in [0.15, 0.2) is 39.9 Å². The summed E-state index contributed by atoms with van der Waals surface area (Å²) in [7, 11) is -3.47. The van der Waals surface area contributed by atoms with Crippen LogP contribution in [0.5, 0.6) is 0 Å². The first-order chi connectivity index (χ1) is 10.5. The SMILES string of the molecule is O=S(=O)(c1cccs1)N1CCN(c2ccc(F)cc2F)CC1. The number of piperazine rings is 1. The average molecular weight is 344 g/mol. The minimum atomic E-state index is -3.47. The number of hydrogen-bond donors (Lipinski definition) is 0. The molecule has 22 heavy (non-hydrogen) atoms. The van der Waals surface area contributed by atoms with Crippen LogP contribution in [0.2, 0.25) is 0 Å². The van der Waals surface area contributed by atoms with Crippen LogP contribution >= 0.6 is 11.3 Å². The molecule has 0 N–H and O–H groups in total. The molecule has 0 spiro atoms. The maximum atomic E-state index is 13.8. The van der Waals surface area contributed by atoms with Crippen molar-refractivity contribution in [1.82, 2.24) is 4.31 Å². The van der Waals surface area contributed by atoms with Crippen LogP contribution in [0.25, 0.3) is 0 Å². The summed E-state index contributed by atoms with van der Waals surface area (Å²) in [5.74, 6) is -1.25. The second kappa shape index (κ2) is 5.94. The molecule has 0 atom stereocenters. The fraction of sp³-hybridized carbons (Fsp3) is 0.286. The highest BCUT2D eigenvalue weighted by atomic mass is 32.2. The van der Waals surface area contributed by atoms with Gasteiger partial charge < -0.3 is 4.90 Å². The van der Waals surface area contributed by atoms with Gasteiger partial charge in [-0.15, -0.1) is 11.3 Å². The molecule has 0 bridgehead atoms. The molecule has 1 aliphatic rings. The molecule has 2 heterocycles. The Morgan fingerprint density at radius 3 is 2.36 bits per heavy atom. The number of thiophene rings is 1. The minimum Gasteiger partial charge on any atom is -0.367 e. The molecule has 2 aromatic rings. The van der Waals surface area contributed by atoms with Gasteiger partial charge in [0.05, 0.1) is 5.69 Å². The van der Waals surface area contributed by atoms with Crippen molar-refractivity contribution < 1.29 is 17.2 Å². The number of sulfonamides is 1. The van der Waals surface area contributed by atoms with E-state index in [9.17, 15) is 17.2 Å². The van der Waals surface area contributed by atoms with Crippen LogP contribution in [-0.2, 0) is 10.0 Å². The lowest BCUT2D eigenvalue weighted by atomic mass is 10.2. The molecule has 4 nitrogen and oxygen atoms in total. The Morgan fingerprint density at radius 2 is 1.77 bits per heavy atom. The van der Waals surface area contributed by atoms with Crippen molar-refractivity contribution >= 4 is 27.0 Å². The third-order valence-electron chi connectivity index (χ3n) is 3.58. The number of halogens is 2. The first-order valence-corrected chi connectivity index (χ1v) is 9.04. The zero-order chi connectivity index (χ0) is 15.7. The third kappa shape index (κ3) is 2.86. The molecule has 1 aromatic carbocycles. The highest BCUT2D eigenvalue weighted by Crippen LogP contribution is 2.25. The van der Waals surface area contributed by atoms with Gasteiger partial charge in [-0.2, -0.15) is 4.31 Å². The molecule has 1 aliphatic heterocycles. The summed E-state index contributed by atoms with van der Waals surface area (Å²) in [6, 6.07) is 6.69. The summed E-state index contributed by atoms with van der Waals surface area (Å²) in [4.78, 5) is 1.73. The van der Waals surface area contributed by atoms with Crippen LogP contribution in [0.4, 0.5) is 14.5 Å². The maximum absolute atomic E-state index is 13.8. The zero-order valence-electron chi connectivity index (χ0n) is 11.6. The van der Waals surface area contributed by atoms with Crippen molar-refractivity contribution in [2.24, 2.45) is 0 Å². The molecule has 0 radical (unpaired) electrons. The van der Waals surface area contributed by atoms with Crippen molar-refractivity contribution in [2.75, 3.05) is 31.1 Å². The van der Waals surface area contributed by atoms with Gasteiger partial charge in [0, 0.05) is 32.2 Å². The molecule has 1 saturated heterocycles. The lowest BCUT2D eigenvalue weighted by Gasteiger charge is -2.35. The van der Waals surface area contributed by atoms with Gasteiger partial charge in [0.25, 0.3) is 10.0 Å². The highest BCUT2D eigenvalue weighted by molar-refractivity contribution is 7.91. The second-order valence-corrected chi connectivity index (χ2v) is 8.03. The van der Waals surface area contributed by atoms with E-state index in [2.05, 4.69) is 0 Å². The predicted molar refractivity (Wildman–Crippen MR) is 81.6 cm³/mol. The van der Waals surface area contributed by atoms with Gasteiger partial charge in [-0.05, 0) is 23.6 Å². The van der Waals surface area contributed by atoms with Crippen LogP contribution in [0.1, 0.15) is 0 Å². The van der Waals surface area contributed by atoms with Gasteiger partial charge in [-0.3, -0.25) is 0 Å². The van der Waals surface area contributed by atoms with E-state index < -0.39 is 21.7 Å². The Morgan fingerprint density at radius 1 is 1.05 bits per heavy atom. The van der Waals surface area contributed by atoms with Gasteiger partial charge in [-0.1, -0.05) is 6.07 Å². The van der Waals surface area contributed by atoms with Crippen molar-refractivity contribution in [3.8, 4) is 0 Å². The molecule has 0 saturated carbocycles. The molecule has 0 unspecified atom stereocenters. The normalized spacial score (nSPS) is 16.9. The molecule has 1 aromatic heterocycles. The van der Waals surface area contributed by atoms with E-state index in [1.807, 2.05) is 0 Å². The summed E-state index contributed by atoms with van der Waals surface area (Å²) in [5.41, 5.74) is 0.301. The average Bonchev–Trinajstić information content (AvgIpc) is 3.02. The lowest BCUT2D eigenvalue weighted by Crippen LogP contribution is -2.48. The Labute approximate surface area is 131 Å². The van der Waals surface area contributed by atoms with Crippen LogP contribution < -0.4 is 4.90 Å². The number of hydrogen-bond acceptors (Lipinski definition) is 4. The quantitative estimate of drug-likeness (QED) is 0.859. The van der Waals surface area contributed by atoms with E-state index in [0.29, 0.717) is 23.0 Å². The van der Waals surface area contributed by atoms with Crippen LogP contribution in [-0.4, -0.2) is 38.9 Å². The molecule has 0 amide bonds. The maximum Gasteiger partial charge on any atom is 0.252 e. The van der Waals surface area contributed by atoms with Gasteiger partial charge in [0.2, 0.25) is 0 Å². The number of rotatable bonds is 3. The third-order valence-corrected chi connectivity index (χ3v) is 6.85. The van der Waals surface area contributed by atoms with Gasteiger partial charge >= 0.3 is 0 Å². The van der Waals surface area contributed by atoms with E-state index in [1.54, 1.807) is 22.4 Å². The molecule has 3 rings (SSSR count). The number of nitrogens with zero attached hydrogens (tertiary/aromatic N) is 2. The molecule has 118 valence electrons. The Hall–Kier alpha value is -1.51. The molecule has 0 aliphatic carbocycles. The Balaban J connectivity index is 1.73. The second-order valence-electron chi connectivity index (χ2n) is 4.92. The number of anilines is 1. The summed E-state index contributed by atoms with van der Waals surface area (Å²) in [6.07, 6.45) is 0. The summed E-state index contributed by atoms with van der Waals surface area (Å²) in [6.45, 7) is 1.29. The first kappa shape index (κ1) is 15.4. The predicted octanol–water partition coefficient (Wildman–Crippen LogP) is 2.54. The van der Waals surface area contributed by atoms with Crippen molar-refractivity contribution in [2.45, 2.75) is 4.21 Å². The van der Waals surface area contributed by atoms with Crippen LogP contribution in [0.3, 0.4) is 0 Å². The fourth-order valence-electron chi connectivity index (χ4n) is 2.44. The van der Waals surface area contributed by atoms with Crippen molar-refractivity contribution in [1.29, 1.82) is 0 Å². The summed E-state index contributed by atoms with van der Waals surface area (Å²) in [5, 5.41) is 1.72. The van der Waals surface area contributed by atoms with E-state index in [0.717, 1.165) is 6.07 Å². The largest absolute Gasteiger partial charge is 0.367 e. The Kier molecular flexibility index (Phi) is 4.16. The first-order valence-electron chi connectivity index (χ1n) is 6.72. The van der Waals surface area contributed by atoms with Gasteiger partial charge in [0.15, 0.2) is 0 Å². The molecular weight excluding hydrogens is 330 g/mol. The van der Waals surface area contributed by atoms with Crippen LogP contribution in [0, 0.1) is 11.6 Å². The minimum absolute atomic E-state index is 0.275. The fourth-order valence-corrected chi connectivity index (χ4v) is 5.01. The van der Waals surface area contributed by atoms with E-state index in [1.165, 1.54) is 27.8 Å². The highest BCUT2D eigenvalue weighted by Gasteiger charge is 2.29. The monoisotopic (exact) mass is 344 g/mol. The van der Waals surface area contributed by atoms with E-state index in [4.69, 9.17) is 0 Å². The summed E-state index contributed by atoms with van der Waals surface area (Å²) < 4.78 is 53.2. The molecule has 1 fully saturated rings. The zero-order valence-corrected chi connectivity index (χ0v) is 13.2. The smallest absolute Gasteiger partial charge is 0.252 e. The molecular formula is C14H14F2N2O2S2. The van der Waals surface area contributed by atoms with E-state index >= 15 is 0 Å². The van der Waals surface area contributed by atoms with Gasteiger partial charge in [0.1, 0.15) is 15.8 Å². The van der Waals surface area contributed by atoms with Crippen molar-refractivity contribution in [3.63, 3.8) is 0 Å². The van der Waals surface area contributed by atoms with E-state index in [-0.39, 0.29) is 13.1 Å². The van der Waals surface area contributed by atoms with Gasteiger partial charge in [-0.25, -0.2) is 17.2 Å². The lowest BCUT2D eigenvalue weighted by molar-refractivity contribution is 0.384. The Bertz CT molecular complexity index is 755. The van der Waals surface area contributed by atoms with Crippen molar-refractivity contribution in [3.05, 3.63) is 47.3 Å². The molecule has 8 heteroatoms.